The fourth-order valence-electron chi connectivity index (χ4n) is 4.31. The molecule has 0 aliphatic rings. The van der Waals surface area contributed by atoms with Crippen molar-refractivity contribution in [3.8, 4) is 11.5 Å². The molecule has 0 unspecified atom stereocenters. The van der Waals surface area contributed by atoms with Crippen LogP contribution in [0.15, 0.2) is 77.7 Å². The first-order valence-corrected chi connectivity index (χ1v) is 14.5. The number of nitrogens with one attached hydrogen (secondary N) is 1. The summed E-state index contributed by atoms with van der Waals surface area (Å²) in [4.78, 5) is 28.4. The van der Waals surface area contributed by atoms with Gasteiger partial charge in [-0.25, -0.2) is 8.42 Å². The van der Waals surface area contributed by atoms with Gasteiger partial charge in [0.2, 0.25) is 11.8 Å². The lowest BCUT2D eigenvalue weighted by Gasteiger charge is -2.33. The molecule has 2 amide bonds. The number of hydrogen-bond donors (Lipinski definition) is 1. The molecule has 10 heteroatoms. The fourth-order valence-corrected chi connectivity index (χ4v) is 5.73. The number of rotatable bonds is 13. The molecule has 1 N–H and O–H groups in total. The Morgan fingerprint density at radius 2 is 1.60 bits per heavy atom. The van der Waals surface area contributed by atoms with Crippen LogP contribution < -0.4 is 19.1 Å². The van der Waals surface area contributed by atoms with E-state index in [1.165, 1.54) is 24.1 Å². The number of benzene rings is 3. The van der Waals surface area contributed by atoms with Gasteiger partial charge in [-0.05, 0) is 62.2 Å². The van der Waals surface area contributed by atoms with E-state index < -0.39 is 28.5 Å². The molecule has 1 atom stereocenters. The largest absolute Gasteiger partial charge is 0.497 e. The monoisotopic (exact) mass is 567 g/mol. The summed E-state index contributed by atoms with van der Waals surface area (Å²) in [6.45, 7) is 5.33. The van der Waals surface area contributed by atoms with Crippen molar-refractivity contribution in [1.82, 2.24) is 10.2 Å². The highest BCUT2D eigenvalue weighted by atomic mass is 32.2. The molecule has 0 aromatic heterocycles. The second-order valence-corrected chi connectivity index (χ2v) is 11.0. The van der Waals surface area contributed by atoms with E-state index in [9.17, 15) is 18.0 Å². The zero-order chi connectivity index (χ0) is 29.3. The van der Waals surface area contributed by atoms with E-state index in [0.29, 0.717) is 24.5 Å². The number of sulfonamides is 1. The van der Waals surface area contributed by atoms with Gasteiger partial charge in [-0.2, -0.15) is 0 Å². The van der Waals surface area contributed by atoms with Gasteiger partial charge in [0.15, 0.2) is 0 Å². The van der Waals surface area contributed by atoms with Gasteiger partial charge < -0.3 is 19.7 Å². The van der Waals surface area contributed by atoms with Crippen molar-refractivity contribution in [3.63, 3.8) is 0 Å². The van der Waals surface area contributed by atoms with Crippen molar-refractivity contribution in [2.45, 2.75) is 44.7 Å². The average molecular weight is 568 g/mol. The van der Waals surface area contributed by atoms with Crippen LogP contribution in [0, 0.1) is 6.92 Å². The summed E-state index contributed by atoms with van der Waals surface area (Å²) >= 11 is 0. The molecule has 0 saturated heterocycles. The quantitative estimate of drug-likeness (QED) is 0.333. The van der Waals surface area contributed by atoms with Crippen LogP contribution in [0.1, 0.15) is 31.4 Å². The van der Waals surface area contributed by atoms with Gasteiger partial charge in [0.25, 0.3) is 10.0 Å². The van der Waals surface area contributed by atoms with Gasteiger partial charge in [-0.15, -0.1) is 0 Å². The van der Waals surface area contributed by atoms with Crippen molar-refractivity contribution in [3.05, 3.63) is 83.9 Å². The number of carbonyl (C=O) groups excluding carboxylic acids is 2. The molecule has 3 aromatic carbocycles. The summed E-state index contributed by atoms with van der Waals surface area (Å²) in [6.07, 6.45) is 0.335. The van der Waals surface area contributed by atoms with Crippen LogP contribution in [0.25, 0.3) is 0 Å². The lowest BCUT2D eigenvalue weighted by atomic mass is 10.1. The predicted octanol–water partition coefficient (Wildman–Crippen LogP) is 4.15. The molecular weight excluding hydrogens is 530 g/mol. The van der Waals surface area contributed by atoms with Crippen molar-refractivity contribution in [1.29, 1.82) is 0 Å². The van der Waals surface area contributed by atoms with Crippen LogP contribution in [-0.2, 0) is 26.2 Å². The van der Waals surface area contributed by atoms with Crippen LogP contribution in [0.5, 0.6) is 11.5 Å². The molecule has 3 aromatic rings. The van der Waals surface area contributed by atoms with Crippen LogP contribution in [0.4, 0.5) is 5.69 Å². The SMILES string of the molecule is CCOc1ccccc1N(CC(=O)N(Cc1ccc(OC)cc1)[C@@H](CC)C(=O)NC)S(=O)(=O)c1ccc(C)cc1. The highest BCUT2D eigenvalue weighted by molar-refractivity contribution is 7.92. The number of nitrogens with zero attached hydrogens (tertiary/aromatic N) is 2. The van der Waals surface area contributed by atoms with E-state index in [2.05, 4.69) is 5.32 Å². The number of aryl methyl sites for hydroxylation is 1. The molecular formula is C30H37N3O6S. The zero-order valence-electron chi connectivity index (χ0n) is 23.6. The first-order chi connectivity index (χ1) is 19.2. The van der Waals surface area contributed by atoms with E-state index in [-0.39, 0.29) is 23.0 Å². The van der Waals surface area contributed by atoms with E-state index >= 15 is 0 Å². The number of para-hydroxylation sites is 2. The van der Waals surface area contributed by atoms with Crippen molar-refractivity contribution in [2.24, 2.45) is 0 Å². The number of ether oxygens (including phenoxy) is 2. The molecule has 0 fully saturated rings. The second kappa shape index (κ2) is 13.8. The number of likely N-dealkylation sites (N-methyl/N-ethyl adjacent to an activating group) is 1. The predicted molar refractivity (Wildman–Crippen MR) is 155 cm³/mol. The summed E-state index contributed by atoms with van der Waals surface area (Å²) < 4.78 is 40.1. The first kappa shape index (κ1) is 30.5. The molecule has 0 bridgehead atoms. The van der Waals surface area contributed by atoms with Gasteiger partial charge in [0.05, 0.1) is 24.3 Å². The van der Waals surface area contributed by atoms with E-state index in [0.717, 1.165) is 15.4 Å². The van der Waals surface area contributed by atoms with Gasteiger partial charge in [-0.1, -0.05) is 48.9 Å². The Kier molecular flexibility index (Phi) is 10.6. The first-order valence-electron chi connectivity index (χ1n) is 13.1. The van der Waals surface area contributed by atoms with Crippen molar-refractivity contribution < 1.29 is 27.5 Å². The maximum Gasteiger partial charge on any atom is 0.264 e. The Bertz CT molecular complexity index is 1390. The van der Waals surface area contributed by atoms with E-state index in [1.807, 2.05) is 6.92 Å². The van der Waals surface area contributed by atoms with Crippen molar-refractivity contribution in [2.75, 3.05) is 31.6 Å². The standard InChI is InChI=1S/C30H37N3O6S/c1-6-26(30(35)31-4)32(20-23-14-16-24(38-5)17-15-23)29(34)21-33(27-10-8-9-11-28(27)39-7-2)40(36,37)25-18-12-22(3)13-19-25/h8-19,26H,6-7,20-21H2,1-5H3,(H,31,35)/t26-/m0/s1. The number of methoxy groups -OCH3 is 1. The summed E-state index contributed by atoms with van der Waals surface area (Å²) in [5, 5.41) is 2.62. The van der Waals surface area contributed by atoms with E-state index in [4.69, 9.17) is 9.47 Å². The van der Waals surface area contributed by atoms with Crippen LogP contribution >= 0.6 is 0 Å². The Balaban J connectivity index is 2.09. The second-order valence-electron chi connectivity index (χ2n) is 9.13. The molecule has 0 radical (unpaired) electrons. The highest BCUT2D eigenvalue weighted by Gasteiger charge is 2.34. The summed E-state index contributed by atoms with van der Waals surface area (Å²) in [6, 6.07) is 19.5. The van der Waals surface area contributed by atoms with Gasteiger partial charge in [-0.3, -0.25) is 13.9 Å². The molecule has 214 valence electrons. The normalized spacial score (nSPS) is 11.8. The number of anilines is 1. The minimum Gasteiger partial charge on any atom is -0.497 e. The molecule has 0 aliphatic heterocycles. The van der Waals surface area contributed by atoms with Crippen molar-refractivity contribution >= 4 is 27.5 Å². The number of hydrogen-bond acceptors (Lipinski definition) is 6. The maximum atomic E-state index is 14.1. The lowest BCUT2D eigenvalue weighted by molar-refractivity contribution is -0.140. The molecule has 0 saturated carbocycles. The number of amides is 2. The minimum absolute atomic E-state index is 0.0391. The maximum absolute atomic E-state index is 14.1. The number of carbonyl (C=O) groups is 2. The Labute approximate surface area is 236 Å². The van der Waals surface area contributed by atoms with Crippen LogP contribution in [0.2, 0.25) is 0 Å². The summed E-state index contributed by atoms with van der Waals surface area (Å²) in [5.41, 5.74) is 1.90. The third-order valence-corrected chi connectivity index (χ3v) is 8.24. The topological polar surface area (TPSA) is 105 Å². The minimum atomic E-state index is -4.19. The van der Waals surface area contributed by atoms with Crippen LogP contribution in [-0.4, -0.2) is 58.5 Å². The molecule has 3 rings (SSSR count). The van der Waals surface area contributed by atoms with Gasteiger partial charge in [0.1, 0.15) is 24.1 Å². The zero-order valence-corrected chi connectivity index (χ0v) is 24.4. The van der Waals surface area contributed by atoms with Gasteiger partial charge in [0, 0.05) is 13.6 Å². The van der Waals surface area contributed by atoms with E-state index in [1.54, 1.807) is 81.6 Å². The summed E-state index contributed by atoms with van der Waals surface area (Å²) in [5.74, 6) is 0.108. The van der Waals surface area contributed by atoms with Gasteiger partial charge >= 0.3 is 0 Å². The molecule has 40 heavy (non-hydrogen) atoms. The third kappa shape index (κ3) is 7.12. The van der Waals surface area contributed by atoms with Crippen LogP contribution in [0.3, 0.4) is 0 Å². The average Bonchev–Trinajstić information content (AvgIpc) is 2.96. The smallest absolute Gasteiger partial charge is 0.264 e. The summed E-state index contributed by atoms with van der Waals surface area (Å²) in [7, 11) is -1.12. The molecule has 9 nitrogen and oxygen atoms in total. The molecule has 0 aliphatic carbocycles. The Morgan fingerprint density at radius 1 is 0.950 bits per heavy atom. The highest BCUT2D eigenvalue weighted by Crippen LogP contribution is 2.33. The molecule has 0 heterocycles. The lowest BCUT2D eigenvalue weighted by Crippen LogP contribution is -2.51. The third-order valence-electron chi connectivity index (χ3n) is 6.47. The molecule has 0 spiro atoms. The Hall–Kier alpha value is -4.05. The Morgan fingerprint density at radius 3 is 2.17 bits per heavy atom. The fraction of sp³-hybridized carbons (Fsp3) is 0.333.